The van der Waals surface area contributed by atoms with E-state index in [9.17, 15) is 4.79 Å². The van der Waals surface area contributed by atoms with Gasteiger partial charge >= 0.3 is 0 Å². The third-order valence-electron chi connectivity index (χ3n) is 5.82. The van der Waals surface area contributed by atoms with Crippen LogP contribution in [0.2, 0.25) is 0 Å². The summed E-state index contributed by atoms with van der Waals surface area (Å²) in [6.07, 6.45) is 4.71. The molecule has 0 bridgehead atoms. The number of Topliss-reactive ketones (excluding diaryl/α,β-unsaturated/α-hetero) is 1. The highest BCUT2D eigenvalue weighted by atomic mass is 16.1. The number of ketones is 1. The van der Waals surface area contributed by atoms with E-state index in [0.717, 1.165) is 37.8 Å². The van der Waals surface area contributed by atoms with E-state index in [1.807, 2.05) is 13.0 Å². The molecule has 2 unspecified atom stereocenters. The van der Waals surface area contributed by atoms with Crippen molar-refractivity contribution in [2.45, 2.75) is 64.5 Å². The molecule has 144 valence electrons. The zero-order valence-electron chi connectivity index (χ0n) is 16.8. The van der Waals surface area contributed by atoms with E-state index in [-0.39, 0.29) is 11.8 Å². The summed E-state index contributed by atoms with van der Waals surface area (Å²) >= 11 is 0. The van der Waals surface area contributed by atoms with E-state index in [1.165, 1.54) is 22.3 Å². The van der Waals surface area contributed by atoms with Gasteiger partial charge in [0.1, 0.15) is 0 Å². The minimum atomic E-state index is -0.429. The quantitative estimate of drug-likeness (QED) is 0.485. The van der Waals surface area contributed by atoms with Crippen LogP contribution >= 0.6 is 0 Å². The van der Waals surface area contributed by atoms with Crippen LogP contribution in [-0.2, 0) is 5.54 Å². The first-order chi connectivity index (χ1) is 13.1. The van der Waals surface area contributed by atoms with Crippen LogP contribution in [0.5, 0.6) is 0 Å². The van der Waals surface area contributed by atoms with Crippen LogP contribution in [0.3, 0.4) is 0 Å². The highest BCUT2D eigenvalue weighted by molar-refractivity contribution is 5.97. The van der Waals surface area contributed by atoms with E-state index in [1.54, 1.807) is 0 Å². The van der Waals surface area contributed by atoms with Crippen LogP contribution in [0.25, 0.3) is 11.1 Å². The predicted molar refractivity (Wildman–Crippen MR) is 113 cm³/mol. The summed E-state index contributed by atoms with van der Waals surface area (Å²) in [5, 5.41) is 3.84. The number of benzene rings is 2. The molecule has 0 heterocycles. The first-order valence-electron chi connectivity index (χ1n) is 10.4. The van der Waals surface area contributed by atoms with Crippen LogP contribution in [0.1, 0.15) is 74.4 Å². The molecule has 0 aliphatic heterocycles. The lowest BCUT2D eigenvalue weighted by Crippen LogP contribution is -2.55. The Labute approximate surface area is 163 Å². The highest BCUT2D eigenvalue weighted by Gasteiger charge is 2.46. The zero-order chi connectivity index (χ0) is 19.4. The van der Waals surface area contributed by atoms with E-state index >= 15 is 0 Å². The molecule has 0 radical (unpaired) electrons. The van der Waals surface area contributed by atoms with Gasteiger partial charge in [-0.25, -0.2) is 0 Å². The van der Waals surface area contributed by atoms with Gasteiger partial charge in [0.15, 0.2) is 5.78 Å². The van der Waals surface area contributed by atoms with Gasteiger partial charge in [-0.2, -0.15) is 0 Å². The molecule has 27 heavy (non-hydrogen) atoms. The first kappa shape index (κ1) is 19.8. The topological polar surface area (TPSA) is 55.1 Å². The minimum absolute atomic E-state index is 0.0475. The van der Waals surface area contributed by atoms with Gasteiger partial charge in [0.05, 0.1) is 5.54 Å². The number of unbranched alkanes of at least 4 members (excludes halogenated alkanes) is 1. The van der Waals surface area contributed by atoms with Crippen molar-refractivity contribution < 1.29 is 4.79 Å². The van der Waals surface area contributed by atoms with Crippen molar-refractivity contribution in [3.8, 4) is 11.1 Å². The molecule has 3 rings (SSSR count). The molecule has 3 heteroatoms. The molecule has 1 aliphatic carbocycles. The van der Waals surface area contributed by atoms with Crippen molar-refractivity contribution >= 4 is 5.78 Å². The van der Waals surface area contributed by atoms with Gasteiger partial charge in [0, 0.05) is 18.0 Å². The smallest absolute Gasteiger partial charge is 0.162 e. The van der Waals surface area contributed by atoms with Crippen LogP contribution in [0, 0.1) is 0 Å². The Balaban J connectivity index is 2.22. The fourth-order valence-electron chi connectivity index (χ4n) is 4.40. The third-order valence-corrected chi connectivity index (χ3v) is 5.82. The molecule has 1 aliphatic rings. The Morgan fingerprint density at radius 1 is 1.04 bits per heavy atom. The molecule has 3 N–H and O–H groups in total. The Morgan fingerprint density at radius 2 is 1.78 bits per heavy atom. The molecule has 0 saturated heterocycles. The van der Waals surface area contributed by atoms with Crippen molar-refractivity contribution in [2.75, 3.05) is 6.54 Å². The molecule has 0 fully saturated rings. The van der Waals surface area contributed by atoms with Gasteiger partial charge in [-0.1, -0.05) is 70.0 Å². The molecular weight excluding hydrogens is 332 g/mol. The minimum Gasteiger partial charge on any atom is -0.326 e. The number of nitrogens with two attached hydrogens (primary N) is 1. The number of carbonyl (C=O) groups excluding carboxylic acids is 1. The fraction of sp³-hybridized carbons (Fsp3) is 0.458. The summed E-state index contributed by atoms with van der Waals surface area (Å²) in [7, 11) is 0. The van der Waals surface area contributed by atoms with E-state index in [4.69, 9.17) is 5.73 Å². The second-order valence-corrected chi connectivity index (χ2v) is 7.57. The lowest BCUT2D eigenvalue weighted by Gasteiger charge is -2.39. The average molecular weight is 365 g/mol. The Kier molecular flexibility index (Phi) is 6.13. The predicted octanol–water partition coefficient (Wildman–Crippen LogP) is 5.02. The molecule has 2 aromatic carbocycles. The summed E-state index contributed by atoms with van der Waals surface area (Å²) in [6, 6.07) is 14.7. The second kappa shape index (κ2) is 8.37. The second-order valence-electron chi connectivity index (χ2n) is 7.57. The molecule has 2 atom stereocenters. The van der Waals surface area contributed by atoms with Crippen LogP contribution in [0.4, 0.5) is 0 Å². The summed E-state index contributed by atoms with van der Waals surface area (Å²) in [4.78, 5) is 12.4. The molecule has 0 aromatic heterocycles. The average Bonchev–Trinajstić information content (AvgIpc) is 2.98. The maximum absolute atomic E-state index is 12.4. The number of fused-ring (bicyclic) bond motifs is 3. The number of hydrogen-bond donors (Lipinski definition) is 2. The van der Waals surface area contributed by atoms with Crippen molar-refractivity contribution in [3.05, 3.63) is 59.2 Å². The van der Waals surface area contributed by atoms with Crippen molar-refractivity contribution in [1.82, 2.24) is 5.32 Å². The maximum atomic E-state index is 12.4. The van der Waals surface area contributed by atoms with Gasteiger partial charge in [-0.05, 0) is 47.7 Å². The van der Waals surface area contributed by atoms with E-state index < -0.39 is 5.54 Å². The molecule has 2 aromatic rings. The van der Waals surface area contributed by atoms with Gasteiger partial charge in [-0.15, -0.1) is 0 Å². The van der Waals surface area contributed by atoms with Crippen molar-refractivity contribution in [1.29, 1.82) is 0 Å². The standard InChI is InChI=1S/C24H32N2O/c1-4-7-15-26-24(23(25)10-5-2)20-12-9-8-11-18(20)19-14-13-17(16-21(19)24)22(27)6-3/h8-9,11-14,16,23,26H,4-7,10,15,25H2,1-3H3. The van der Waals surface area contributed by atoms with Gasteiger partial charge in [-0.3, -0.25) is 4.79 Å². The highest BCUT2D eigenvalue weighted by Crippen LogP contribution is 2.49. The zero-order valence-corrected chi connectivity index (χ0v) is 16.8. The van der Waals surface area contributed by atoms with Gasteiger partial charge in [0.2, 0.25) is 0 Å². The monoisotopic (exact) mass is 364 g/mol. The van der Waals surface area contributed by atoms with Crippen molar-refractivity contribution in [2.24, 2.45) is 5.73 Å². The van der Waals surface area contributed by atoms with Crippen LogP contribution in [-0.4, -0.2) is 18.4 Å². The lowest BCUT2D eigenvalue weighted by atomic mass is 9.78. The molecule has 3 nitrogen and oxygen atoms in total. The number of nitrogens with one attached hydrogen (secondary N) is 1. The molecule has 0 spiro atoms. The number of carbonyl (C=O) groups is 1. The summed E-state index contributed by atoms with van der Waals surface area (Å²) < 4.78 is 0. The normalized spacial score (nSPS) is 18.8. The largest absolute Gasteiger partial charge is 0.326 e. The third kappa shape index (κ3) is 3.35. The Bertz CT molecular complexity index is 814. The summed E-state index contributed by atoms with van der Waals surface area (Å²) in [5.74, 6) is 0.181. The summed E-state index contributed by atoms with van der Waals surface area (Å²) in [5.41, 5.74) is 12.1. The molecule has 0 saturated carbocycles. The van der Waals surface area contributed by atoms with Gasteiger partial charge in [0.25, 0.3) is 0 Å². The maximum Gasteiger partial charge on any atom is 0.162 e. The Morgan fingerprint density at radius 3 is 2.48 bits per heavy atom. The SMILES string of the molecule is CCCCNC1(C(N)CCC)c2ccccc2-c2ccc(C(=O)CC)cc21. The first-order valence-corrected chi connectivity index (χ1v) is 10.4. The molecular formula is C24H32N2O. The number of rotatable bonds is 9. The lowest BCUT2D eigenvalue weighted by molar-refractivity contribution is 0.0988. The van der Waals surface area contributed by atoms with Crippen molar-refractivity contribution in [3.63, 3.8) is 0 Å². The van der Waals surface area contributed by atoms with E-state index in [0.29, 0.717) is 6.42 Å². The van der Waals surface area contributed by atoms with Crippen LogP contribution < -0.4 is 11.1 Å². The van der Waals surface area contributed by atoms with Crippen LogP contribution in [0.15, 0.2) is 42.5 Å². The van der Waals surface area contributed by atoms with Gasteiger partial charge < -0.3 is 11.1 Å². The van der Waals surface area contributed by atoms with E-state index in [2.05, 4.69) is 55.6 Å². The fourth-order valence-corrected chi connectivity index (χ4v) is 4.40. The summed E-state index contributed by atoms with van der Waals surface area (Å²) in [6.45, 7) is 7.21. The number of hydrogen-bond acceptors (Lipinski definition) is 3. The Hall–Kier alpha value is -1.97. The molecule has 0 amide bonds.